The Morgan fingerprint density at radius 1 is 0.821 bits per heavy atom. The number of aromatic nitrogens is 1. The molecular weight excluding hydrogens is 861 g/mol. The molecule has 3 atom stereocenters. The van der Waals surface area contributed by atoms with E-state index in [1.54, 1.807) is 6.20 Å². The number of carbonyl (C=O) groups excluding carboxylic acids is 7. The van der Waals surface area contributed by atoms with E-state index in [-0.39, 0.29) is 56.4 Å². The second kappa shape index (κ2) is 42.8. The molecule has 0 saturated heterocycles. The average molecular weight is 947 g/mol. The van der Waals surface area contributed by atoms with Crippen LogP contribution in [0.1, 0.15) is 133 Å². The number of nitrogens with zero attached hydrogens (tertiary/aromatic N) is 2. The van der Waals surface area contributed by atoms with E-state index in [0.29, 0.717) is 44.6 Å². The number of nitrogens with one attached hydrogen (secondary N) is 5. The van der Waals surface area contributed by atoms with Gasteiger partial charge in [-0.2, -0.15) is 0 Å². The van der Waals surface area contributed by atoms with Crippen LogP contribution in [0.25, 0.3) is 10.9 Å². The highest BCUT2D eigenvalue weighted by Gasteiger charge is 2.28. The smallest absolute Gasteiger partial charge is 0.323 e. The molecule has 2 rings (SSSR count). The van der Waals surface area contributed by atoms with Crippen molar-refractivity contribution in [1.29, 1.82) is 0 Å². The van der Waals surface area contributed by atoms with Gasteiger partial charge in [0, 0.05) is 42.7 Å². The van der Waals surface area contributed by atoms with Crippen LogP contribution in [-0.2, 0) is 49.5 Å². The number of hydrogen-bond acceptors (Lipinski definition) is 10. The van der Waals surface area contributed by atoms with Crippen LogP contribution in [0.2, 0.25) is 0 Å². The van der Waals surface area contributed by atoms with E-state index in [1.807, 2.05) is 58.9 Å². The number of amides is 6. The fourth-order valence-electron chi connectivity index (χ4n) is 6.07. The number of fused-ring (bicyclic) bond motifs is 1. The molecule has 18 nitrogen and oxygen atoms in total. The number of carboxylic acid groups (broad SMARTS) is 1. The van der Waals surface area contributed by atoms with Gasteiger partial charge in [0.1, 0.15) is 18.6 Å². The highest BCUT2D eigenvalue weighted by atomic mass is 16.5. The van der Waals surface area contributed by atoms with Gasteiger partial charge in [0.2, 0.25) is 35.9 Å². The summed E-state index contributed by atoms with van der Waals surface area (Å²) in [5, 5.41) is 20.8. The fraction of sp³-hybridized carbons (Fsp3) is 0.633. The third kappa shape index (κ3) is 34.2. The number of H-pyrrole nitrogens is 1. The van der Waals surface area contributed by atoms with Gasteiger partial charge in [-0.3, -0.25) is 38.4 Å². The molecule has 1 aromatic carbocycles. The Kier molecular flexibility index (Phi) is 41.9. The number of carbonyl (C=O) groups is 8. The number of unbranched alkanes of at least 4 members (excludes halogenated alkanes) is 2. The molecule has 0 radical (unpaired) electrons. The van der Waals surface area contributed by atoms with Gasteiger partial charge in [0.15, 0.2) is 0 Å². The molecule has 0 bridgehead atoms. The average Bonchev–Trinajstić information content (AvgIpc) is 3.71. The lowest BCUT2D eigenvalue weighted by atomic mass is 10.0. The number of para-hydroxylation sites is 1. The number of carboxylic acids is 1. The van der Waals surface area contributed by atoms with Gasteiger partial charge in [-0.15, -0.1) is 0 Å². The van der Waals surface area contributed by atoms with Crippen molar-refractivity contribution in [3.8, 4) is 0 Å². The monoisotopic (exact) mass is 947 g/mol. The zero-order valence-corrected chi connectivity index (χ0v) is 42.4. The van der Waals surface area contributed by atoms with Crippen molar-refractivity contribution in [1.82, 2.24) is 36.1 Å². The summed E-state index contributed by atoms with van der Waals surface area (Å²) in [4.78, 5) is 98.2. The minimum Gasteiger partial charge on any atom is -0.480 e. The Morgan fingerprint density at radius 2 is 1.43 bits per heavy atom. The molecule has 18 heteroatoms. The Morgan fingerprint density at radius 3 is 1.91 bits per heavy atom. The summed E-state index contributed by atoms with van der Waals surface area (Å²) in [7, 11) is 1.31. The van der Waals surface area contributed by atoms with Crippen molar-refractivity contribution in [2.75, 3.05) is 46.4 Å². The number of aromatic amines is 1. The Balaban J connectivity index is -0.000000991. The van der Waals surface area contributed by atoms with Gasteiger partial charge in [0.25, 0.3) is 6.47 Å². The summed E-state index contributed by atoms with van der Waals surface area (Å²) < 4.78 is 3.86. The molecule has 8 N–H and O–H groups in total. The van der Waals surface area contributed by atoms with Crippen LogP contribution in [0.5, 0.6) is 0 Å². The molecule has 0 aliphatic rings. The maximum absolute atomic E-state index is 13.2. The van der Waals surface area contributed by atoms with Gasteiger partial charge in [-0.05, 0) is 63.5 Å². The maximum atomic E-state index is 13.2. The quantitative estimate of drug-likeness (QED) is 0.0450. The second-order valence-corrected chi connectivity index (χ2v) is 16.0. The van der Waals surface area contributed by atoms with Crippen molar-refractivity contribution >= 4 is 59.3 Å². The molecule has 2 unspecified atom stereocenters. The fourth-order valence-corrected chi connectivity index (χ4v) is 6.07. The maximum Gasteiger partial charge on any atom is 0.323 e. The lowest BCUT2D eigenvalue weighted by molar-refractivity contribution is -0.146. The molecule has 0 aliphatic heterocycles. The number of methoxy groups -OCH3 is 1. The summed E-state index contributed by atoms with van der Waals surface area (Å²) in [6.07, 6.45) is 15.0. The lowest BCUT2D eigenvalue weighted by Crippen LogP contribution is -2.52. The Bertz CT molecular complexity index is 1700. The van der Waals surface area contributed by atoms with E-state index >= 15 is 0 Å². The van der Waals surface area contributed by atoms with E-state index in [4.69, 9.17) is 10.5 Å². The molecule has 6 amide bonds. The van der Waals surface area contributed by atoms with Gasteiger partial charge in [0.05, 0.1) is 26.7 Å². The SMILES string of the molecule is C/C=C/CC.CCCC.CCCCC(NC(=O)CN)C(=O)NCC(=O)N[C@H](C)CC(C)C.CCCN(C=O)CC(=O)NC(Cc1c[nH]c2ccccc12)C(=O)N(CCC)CC(=O)O.COC=O. The third-order valence-electron chi connectivity index (χ3n) is 9.28. The van der Waals surface area contributed by atoms with Crippen molar-refractivity contribution < 1.29 is 48.2 Å². The van der Waals surface area contributed by atoms with Crippen LogP contribution in [0.4, 0.5) is 0 Å². The van der Waals surface area contributed by atoms with Crippen LogP contribution in [0.15, 0.2) is 42.6 Å². The Hall–Kier alpha value is -5.78. The van der Waals surface area contributed by atoms with E-state index in [9.17, 15) is 38.7 Å². The number of rotatable bonds is 27. The molecule has 0 aliphatic carbocycles. The van der Waals surface area contributed by atoms with Gasteiger partial charge in [-0.1, -0.05) is 111 Å². The van der Waals surface area contributed by atoms with E-state index in [2.05, 4.69) is 77.8 Å². The van der Waals surface area contributed by atoms with Crippen LogP contribution >= 0.6 is 0 Å². The minimum absolute atomic E-state index is 0.0623. The first-order valence-electron chi connectivity index (χ1n) is 23.6. The molecular formula is C49H86N8O10. The lowest BCUT2D eigenvalue weighted by Gasteiger charge is -2.27. The summed E-state index contributed by atoms with van der Waals surface area (Å²) in [5.41, 5.74) is 7.00. The first-order chi connectivity index (χ1) is 31.9. The molecule has 382 valence electrons. The Labute approximate surface area is 400 Å². The highest BCUT2D eigenvalue weighted by molar-refractivity contribution is 5.92. The number of ether oxygens (including phenoxy) is 1. The van der Waals surface area contributed by atoms with Crippen molar-refractivity contribution in [2.24, 2.45) is 11.7 Å². The summed E-state index contributed by atoms with van der Waals surface area (Å²) in [5.74, 6) is -2.52. The van der Waals surface area contributed by atoms with Crippen LogP contribution in [0, 0.1) is 5.92 Å². The minimum atomic E-state index is -1.12. The van der Waals surface area contributed by atoms with Gasteiger partial charge >= 0.3 is 5.97 Å². The first-order valence-corrected chi connectivity index (χ1v) is 23.6. The van der Waals surface area contributed by atoms with E-state index in [1.165, 1.54) is 29.8 Å². The van der Waals surface area contributed by atoms with Gasteiger partial charge in [-0.25, -0.2) is 0 Å². The van der Waals surface area contributed by atoms with Crippen molar-refractivity contribution in [2.45, 2.75) is 152 Å². The predicted molar refractivity (Wildman–Crippen MR) is 266 cm³/mol. The molecule has 0 fully saturated rings. The summed E-state index contributed by atoms with van der Waals surface area (Å²) in [6.45, 7) is 20.6. The molecule has 0 spiro atoms. The van der Waals surface area contributed by atoms with Crippen molar-refractivity contribution in [3.05, 3.63) is 48.2 Å². The standard InChI is InChI=1S/C22H30N4O5.C16H32N4O3.C5H10.C4H10.C2H4O2/c1-3-9-25(15-27)13-20(28)24-19(22(31)26(10-4-2)14-21(29)30)11-16-12-23-18-8-6-5-7-17(16)18;1-5-6-7-13(20-14(21)9-17)16(23)18-10-15(22)19-12(4)8-11(2)3;1-3-5-4-2;1-3-4-2;1-4-2-3/h5-8,12,15,19,23H,3-4,9-11,13-14H2,1-2H3,(H,24,28)(H,29,30);11-13H,5-10,17H2,1-4H3,(H,18,23)(H,19,22)(H,20,21);3,5H,4H2,1-2H3;3-4H2,1-2H3;2H,1H3/b;;5-3+;;/t;12-,13?;;;/m.1.../s1. The molecule has 0 saturated carbocycles. The zero-order valence-electron chi connectivity index (χ0n) is 42.4. The summed E-state index contributed by atoms with van der Waals surface area (Å²) >= 11 is 0. The zero-order chi connectivity index (χ0) is 51.6. The van der Waals surface area contributed by atoms with Crippen LogP contribution in [0.3, 0.4) is 0 Å². The van der Waals surface area contributed by atoms with Crippen LogP contribution in [-0.4, -0.2) is 133 Å². The normalized spacial score (nSPS) is 11.5. The first kappa shape index (κ1) is 65.5. The number of nitrogens with two attached hydrogens (primary N) is 1. The predicted octanol–water partition coefficient (Wildman–Crippen LogP) is 5.24. The summed E-state index contributed by atoms with van der Waals surface area (Å²) in [6, 6.07) is 6.07. The second-order valence-electron chi connectivity index (χ2n) is 16.0. The topological polar surface area (TPSA) is 262 Å². The molecule has 2 aromatic rings. The number of allylic oxidation sites excluding steroid dienone is 2. The van der Waals surface area contributed by atoms with E-state index in [0.717, 1.165) is 42.1 Å². The van der Waals surface area contributed by atoms with E-state index < -0.39 is 36.4 Å². The molecule has 67 heavy (non-hydrogen) atoms. The number of aliphatic carboxylic acids is 1. The van der Waals surface area contributed by atoms with Gasteiger partial charge < -0.3 is 51.6 Å². The highest BCUT2D eigenvalue weighted by Crippen LogP contribution is 2.20. The molecule has 1 aromatic heterocycles. The number of benzene rings is 1. The number of hydrogen-bond donors (Lipinski definition) is 7. The van der Waals surface area contributed by atoms with Crippen molar-refractivity contribution in [3.63, 3.8) is 0 Å². The van der Waals surface area contributed by atoms with Crippen LogP contribution < -0.4 is 27.0 Å². The molecule has 1 heterocycles. The largest absolute Gasteiger partial charge is 0.480 e. The third-order valence-corrected chi connectivity index (χ3v) is 9.28.